The summed E-state index contributed by atoms with van der Waals surface area (Å²) in [4.78, 5) is 4.38. The van der Waals surface area contributed by atoms with Crippen LogP contribution in [0.25, 0.3) is 0 Å². The van der Waals surface area contributed by atoms with E-state index in [1.807, 2.05) is 17.2 Å². The number of aryl methyl sites for hydroxylation is 2. The van der Waals surface area contributed by atoms with E-state index in [1.54, 1.807) is 11.3 Å². The molecule has 2 aromatic heterocycles. The monoisotopic (exact) mass is 298 g/mol. The number of nitrogens with zero attached hydrogens (tertiary/aromatic N) is 3. The van der Waals surface area contributed by atoms with E-state index in [2.05, 4.69) is 34.6 Å². The van der Waals surface area contributed by atoms with Crippen LogP contribution in [0.3, 0.4) is 0 Å². The van der Waals surface area contributed by atoms with Gasteiger partial charge < -0.3 is 5.32 Å². The molecule has 0 aliphatic carbocycles. The second-order valence-corrected chi connectivity index (χ2v) is 5.43. The van der Waals surface area contributed by atoms with Gasteiger partial charge in [-0.2, -0.15) is 5.10 Å². The van der Waals surface area contributed by atoms with Crippen LogP contribution in [0.15, 0.2) is 10.9 Å². The number of thiazole rings is 1. The van der Waals surface area contributed by atoms with Crippen molar-refractivity contribution in [3.05, 3.63) is 33.0 Å². The molecule has 2 heterocycles. The van der Waals surface area contributed by atoms with E-state index in [0.717, 1.165) is 41.5 Å². The van der Waals surface area contributed by atoms with E-state index in [0.29, 0.717) is 0 Å². The molecule has 1 atom stereocenters. The molecule has 0 aliphatic rings. The molecule has 0 saturated heterocycles. The van der Waals surface area contributed by atoms with Crippen LogP contribution in [0.1, 0.15) is 37.0 Å². The van der Waals surface area contributed by atoms with Crippen LogP contribution < -0.4 is 5.32 Å². The van der Waals surface area contributed by atoms with Crippen LogP contribution in [0.2, 0.25) is 5.02 Å². The largest absolute Gasteiger partial charge is 0.311 e. The summed E-state index contributed by atoms with van der Waals surface area (Å²) in [6.45, 7) is 5.00. The Labute approximate surface area is 122 Å². The molecule has 6 heteroatoms. The van der Waals surface area contributed by atoms with Gasteiger partial charge in [-0.1, -0.05) is 18.5 Å². The molecule has 104 valence electrons. The first-order valence-corrected chi connectivity index (χ1v) is 7.82. The molecule has 0 fully saturated rings. The van der Waals surface area contributed by atoms with Crippen LogP contribution >= 0.6 is 22.9 Å². The Morgan fingerprint density at radius 1 is 1.47 bits per heavy atom. The van der Waals surface area contributed by atoms with Gasteiger partial charge in [-0.05, 0) is 20.4 Å². The molecule has 0 spiro atoms. The molecule has 2 aromatic rings. The van der Waals surface area contributed by atoms with Crippen molar-refractivity contribution in [3.8, 4) is 0 Å². The van der Waals surface area contributed by atoms with E-state index in [9.17, 15) is 0 Å². The standard InChI is InChI=1S/C13H19ClN4S/c1-4-9-13(14)12(18(5-2)17-9)6-10(15-3)11-7-19-8-16-11/h7-8,10,15H,4-6H2,1-3H3. The molecule has 19 heavy (non-hydrogen) atoms. The Kier molecular flexibility index (Phi) is 4.96. The number of likely N-dealkylation sites (N-methyl/N-ethyl adjacent to an activating group) is 1. The molecule has 1 unspecified atom stereocenters. The summed E-state index contributed by atoms with van der Waals surface area (Å²) in [5.74, 6) is 0. The third kappa shape index (κ3) is 2.99. The molecule has 0 bridgehead atoms. The van der Waals surface area contributed by atoms with Crippen LogP contribution in [0, 0.1) is 0 Å². The van der Waals surface area contributed by atoms with Crippen molar-refractivity contribution in [2.45, 2.75) is 39.3 Å². The summed E-state index contributed by atoms with van der Waals surface area (Å²) in [6, 6.07) is 0.176. The molecular weight excluding hydrogens is 280 g/mol. The highest BCUT2D eigenvalue weighted by molar-refractivity contribution is 7.07. The first-order chi connectivity index (χ1) is 9.21. The maximum absolute atomic E-state index is 6.44. The quantitative estimate of drug-likeness (QED) is 0.891. The van der Waals surface area contributed by atoms with Crippen LogP contribution in [0.4, 0.5) is 0 Å². The molecule has 0 aliphatic heterocycles. The Morgan fingerprint density at radius 2 is 2.26 bits per heavy atom. The average molecular weight is 299 g/mol. The Morgan fingerprint density at radius 3 is 2.79 bits per heavy atom. The second-order valence-electron chi connectivity index (χ2n) is 4.34. The Bertz CT molecular complexity index is 521. The van der Waals surface area contributed by atoms with Gasteiger partial charge in [0.2, 0.25) is 0 Å². The number of nitrogens with one attached hydrogen (secondary N) is 1. The van der Waals surface area contributed by atoms with Crippen molar-refractivity contribution in [3.63, 3.8) is 0 Å². The lowest BCUT2D eigenvalue weighted by Crippen LogP contribution is -2.21. The highest BCUT2D eigenvalue weighted by Gasteiger charge is 2.20. The zero-order valence-electron chi connectivity index (χ0n) is 11.5. The average Bonchev–Trinajstić information content (AvgIpc) is 3.04. The van der Waals surface area contributed by atoms with E-state index < -0.39 is 0 Å². The summed E-state index contributed by atoms with van der Waals surface area (Å²) >= 11 is 8.05. The van der Waals surface area contributed by atoms with E-state index in [4.69, 9.17) is 11.6 Å². The van der Waals surface area contributed by atoms with Crippen LogP contribution in [-0.4, -0.2) is 21.8 Å². The summed E-state index contributed by atoms with van der Waals surface area (Å²) in [5.41, 5.74) is 4.99. The van der Waals surface area contributed by atoms with Gasteiger partial charge in [0.05, 0.1) is 33.7 Å². The fourth-order valence-corrected chi connectivity index (χ4v) is 3.11. The minimum Gasteiger partial charge on any atom is -0.311 e. The van der Waals surface area contributed by atoms with Crippen LogP contribution in [-0.2, 0) is 19.4 Å². The zero-order valence-corrected chi connectivity index (χ0v) is 13.1. The molecular formula is C13H19ClN4S. The summed E-state index contributed by atoms with van der Waals surface area (Å²) in [6.07, 6.45) is 1.67. The molecule has 0 aromatic carbocycles. The van der Waals surface area contributed by atoms with Crippen molar-refractivity contribution in [1.82, 2.24) is 20.1 Å². The maximum Gasteiger partial charge on any atom is 0.0850 e. The van der Waals surface area contributed by atoms with Crippen molar-refractivity contribution in [2.75, 3.05) is 7.05 Å². The Balaban J connectivity index is 2.29. The van der Waals surface area contributed by atoms with Gasteiger partial charge in [0, 0.05) is 18.3 Å². The Hall–Kier alpha value is -0.910. The zero-order chi connectivity index (χ0) is 13.8. The molecule has 0 radical (unpaired) electrons. The van der Waals surface area contributed by atoms with Crippen molar-refractivity contribution >= 4 is 22.9 Å². The van der Waals surface area contributed by atoms with Crippen molar-refractivity contribution in [2.24, 2.45) is 0 Å². The minimum atomic E-state index is 0.176. The lowest BCUT2D eigenvalue weighted by Gasteiger charge is -2.15. The van der Waals surface area contributed by atoms with Gasteiger partial charge >= 0.3 is 0 Å². The van der Waals surface area contributed by atoms with E-state index >= 15 is 0 Å². The highest BCUT2D eigenvalue weighted by Crippen LogP contribution is 2.26. The fraction of sp³-hybridized carbons (Fsp3) is 0.538. The predicted molar refractivity (Wildman–Crippen MR) is 79.9 cm³/mol. The SMILES string of the molecule is CCc1nn(CC)c(CC(NC)c2cscn2)c1Cl. The number of rotatable bonds is 6. The normalized spacial score (nSPS) is 12.8. The number of hydrogen-bond donors (Lipinski definition) is 1. The van der Waals surface area contributed by atoms with Gasteiger partial charge in [0.15, 0.2) is 0 Å². The molecule has 1 N–H and O–H groups in total. The lowest BCUT2D eigenvalue weighted by molar-refractivity contribution is 0.533. The van der Waals surface area contributed by atoms with Crippen molar-refractivity contribution in [1.29, 1.82) is 0 Å². The third-order valence-corrected chi connectivity index (χ3v) is 4.29. The lowest BCUT2D eigenvalue weighted by atomic mass is 10.1. The number of hydrogen-bond acceptors (Lipinski definition) is 4. The predicted octanol–water partition coefficient (Wildman–Crippen LogP) is 3.08. The minimum absolute atomic E-state index is 0.176. The summed E-state index contributed by atoms with van der Waals surface area (Å²) in [7, 11) is 1.95. The number of aromatic nitrogens is 3. The smallest absolute Gasteiger partial charge is 0.0850 e. The first-order valence-electron chi connectivity index (χ1n) is 6.50. The summed E-state index contributed by atoms with van der Waals surface area (Å²) in [5, 5.41) is 10.7. The van der Waals surface area contributed by atoms with E-state index in [-0.39, 0.29) is 6.04 Å². The molecule has 4 nitrogen and oxygen atoms in total. The maximum atomic E-state index is 6.44. The highest BCUT2D eigenvalue weighted by atomic mass is 35.5. The molecule has 0 saturated carbocycles. The van der Waals surface area contributed by atoms with Gasteiger partial charge in [0.1, 0.15) is 0 Å². The second kappa shape index (κ2) is 6.50. The van der Waals surface area contributed by atoms with Crippen molar-refractivity contribution < 1.29 is 0 Å². The van der Waals surface area contributed by atoms with Gasteiger partial charge in [-0.3, -0.25) is 4.68 Å². The third-order valence-electron chi connectivity index (χ3n) is 3.25. The molecule has 2 rings (SSSR count). The van der Waals surface area contributed by atoms with Gasteiger partial charge in [-0.25, -0.2) is 4.98 Å². The van der Waals surface area contributed by atoms with Crippen LogP contribution in [0.5, 0.6) is 0 Å². The van der Waals surface area contributed by atoms with Gasteiger partial charge in [-0.15, -0.1) is 11.3 Å². The van der Waals surface area contributed by atoms with Gasteiger partial charge in [0.25, 0.3) is 0 Å². The summed E-state index contributed by atoms with van der Waals surface area (Å²) < 4.78 is 2.00. The first kappa shape index (κ1) is 14.5. The fourth-order valence-electron chi connectivity index (χ4n) is 2.15. The molecule has 0 amide bonds. The topological polar surface area (TPSA) is 42.7 Å². The van der Waals surface area contributed by atoms with E-state index in [1.165, 1.54) is 0 Å². The number of halogens is 1.